The van der Waals surface area contributed by atoms with E-state index >= 15 is 0 Å². The molecule has 1 heterocycles. The first-order chi connectivity index (χ1) is 20.0. The van der Waals surface area contributed by atoms with Crippen molar-refractivity contribution >= 4 is 34.9 Å². The number of methoxy groups -OCH3 is 2. The van der Waals surface area contributed by atoms with E-state index in [-0.39, 0.29) is 16.7 Å². The van der Waals surface area contributed by atoms with Gasteiger partial charge in [0.2, 0.25) is 0 Å². The summed E-state index contributed by atoms with van der Waals surface area (Å²) in [6.07, 6.45) is 1.61. The maximum Gasteiger partial charge on any atom is 0.293 e. The molecule has 210 valence electrons. The number of hydrogen-bond acceptors (Lipinski definition) is 7. The first kappa shape index (κ1) is 28.1. The number of rotatable bonds is 9. The third-order valence-corrected chi connectivity index (χ3v) is 7.51. The van der Waals surface area contributed by atoms with Crippen LogP contribution >= 0.6 is 11.6 Å². The smallest absolute Gasteiger partial charge is 0.293 e. The Morgan fingerprint density at radius 2 is 1.59 bits per heavy atom. The van der Waals surface area contributed by atoms with Gasteiger partial charge in [-0.1, -0.05) is 60.1 Å². The summed E-state index contributed by atoms with van der Waals surface area (Å²) in [4.78, 5) is 20.8. The SMILES string of the molecule is COc1ccc(N=Cc2ccc(N3CCN(C(c4ccccc4)c4ccc(Cl)cc4)CC3)c([N+](=O)[O-])c2)c(OC)c1. The van der Waals surface area contributed by atoms with Gasteiger partial charge in [-0.05, 0) is 47.0 Å². The highest BCUT2D eigenvalue weighted by atomic mass is 35.5. The quantitative estimate of drug-likeness (QED) is 0.123. The molecule has 1 saturated heterocycles. The molecule has 1 aliphatic heterocycles. The van der Waals surface area contributed by atoms with Gasteiger partial charge >= 0.3 is 0 Å². The molecule has 41 heavy (non-hydrogen) atoms. The molecule has 0 spiro atoms. The molecule has 0 radical (unpaired) electrons. The molecule has 0 aliphatic carbocycles. The predicted octanol–water partition coefficient (Wildman–Crippen LogP) is 6.93. The minimum Gasteiger partial charge on any atom is -0.497 e. The second kappa shape index (κ2) is 12.8. The van der Waals surface area contributed by atoms with Gasteiger partial charge in [-0.25, -0.2) is 0 Å². The van der Waals surface area contributed by atoms with Crippen molar-refractivity contribution < 1.29 is 14.4 Å². The number of ether oxygens (including phenoxy) is 2. The first-order valence-electron chi connectivity index (χ1n) is 13.3. The summed E-state index contributed by atoms with van der Waals surface area (Å²) in [7, 11) is 3.14. The first-order valence-corrected chi connectivity index (χ1v) is 13.7. The van der Waals surface area contributed by atoms with Crippen molar-refractivity contribution in [3.63, 3.8) is 0 Å². The largest absolute Gasteiger partial charge is 0.497 e. The molecule has 5 rings (SSSR count). The zero-order chi connectivity index (χ0) is 28.8. The molecular weight excluding hydrogens is 540 g/mol. The van der Waals surface area contributed by atoms with Crippen molar-refractivity contribution in [3.8, 4) is 11.5 Å². The van der Waals surface area contributed by atoms with E-state index in [1.807, 2.05) is 42.5 Å². The highest BCUT2D eigenvalue weighted by Gasteiger charge is 2.29. The molecule has 0 saturated carbocycles. The van der Waals surface area contributed by atoms with Crippen LogP contribution in [0.25, 0.3) is 0 Å². The molecule has 0 N–H and O–H groups in total. The second-order valence-electron chi connectivity index (χ2n) is 9.69. The molecular formula is C32H31ClN4O4. The molecule has 0 bridgehead atoms. The lowest BCUT2D eigenvalue weighted by Gasteiger charge is -2.40. The molecule has 4 aromatic carbocycles. The number of nitrogens with zero attached hydrogens (tertiary/aromatic N) is 4. The molecule has 1 fully saturated rings. The Labute approximate surface area is 244 Å². The Bertz CT molecular complexity index is 1520. The lowest BCUT2D eigenvalue weighted by Crippen LogP contribution is -2.48. The predicted molar refractivity (Wildman–Crippen MR) is 163 cm³/mol. The summed E-state index contributed by atoms with van der Waals surface area (Å²) in [5.41, 5.74) is 4.26. The van der Waals surface area contributed by atoms with Gasteiger partial charge in [0.05, 0.1) is 25.2 Å². The normalized spacial score (nSPS) is 14.7. The lowest BCUT2D eigenvalue weighted by atomic mass is 9.96. The van der Waals surface area contributed by atoms with Crippen molar-refractivity contribution in [2.45, 2.75) is 6.04 Å². The summed E-state index contributed by atoms with van der Waals surface area (Å²) in [5, 5.41) is 12.8. The van der Waals surface area contributed by atoms with Crippen LogP contribution in [0.15, 0.2) is 96.0 Å². The van der Waals surface area contributed by atoms with Crippen molar-refractivity contribution in [2.75, 3.05) is 45.3 Å². The minimum absolute atomic E-state index is 0.0569. The van der Waals surface area contributed by atoms with Gasteiger partial charge in [0.25, 0.3) is 5.69 Å². The van der Waals surface area contributed by atoms with Crippen LogP contribution in [0, 0.1) is 10.1 Å². The number of halogens is 1. The van der Waals surface area contributed by atoms with Crippen LogP contribution in [0.4, 0.5) is 17.1 Å². The molecule has 0 amide bonds. The molecule has 1 atom stereocenters. The minimum atomic E-state index is -0.326. The van der Waals surface area contributed by atoms with Crippen LogP contribution in [0.3, 0.4) is 0 Å². The number of aliphatic imine (C=N–C) groups is 1. The lowest BCUT2D eigenvalue weighted by molar-refractivity contribution is -0.384. The van der Waals surface area contributed by atoms with Gasteiger partial charge in [-0.2, -0.15) is 0 Å². The van der Waals surface area contributed by atoms with Crippen LogP contribution in [0.5, 0.6) is 11.5 Å². The Hall–Kier alpha value is -4.40. The molecule has 0 aromatic heterocycles. The Morgan fingerprint density at radius 1 is 0.878 bits per heavy atom. The topological polar surface area (TPSA) is 80.4 Å². The average molecular weight is 571 g/mol. The number of benzene rings is 4. The molecule has 8 nitrogen and oxygen atoms in total. The van der Waals surface area contributed by atoms with E-state index in [9.17, 15) is 10.1 Å². The third-order valence-electron chi connectivity index (χ3n) is 7.26. The highest BCUT2D eigenvalue weighted by Crippen LogP contribution is 2.35. The molecule has 9 heteroatoms. The fourth-order valence-corrected chi connectivity index (χ4v) is 5.31. The monoisotopic (exact) mass is 570 g/mol. The Balaban J connectivity index is 1.34. The fourth-order valence-electron chi connectivity index (χ4n) is 5.19. The highest BCUT2D eigenvalue weighted by molar-refractivity contribution is 6.30. The van der Waals surface area contributed by atoms with Gasteiger partial charge in [0, 0.05) is 49.5 Å². The zero-order valence-corrected chi connectivity index (χ0v) is 23.7. The number of anilines is 1. The summed E-state index contributed by atoms with van der Waals surface area (Å²) < 4.78 is 10.6. The number of hydrogen-bond donors (Lipinski definition) is 0. The number of nitro benzene ring substituents is 1. The number of piperazine rings is 1. The van der Waals surface area contributed by atoms with E-state index in [2.05, 4.69) is 39.1 Å². The van der Waals surface area contributed by atoms with E-state index in [1.54, 1.807) is 44.7 Å². The van der Waals surface area contributed by atoms with Gasteiger partial charge in [0.15, 0.2) is 0 Å². The van der Waals surface area contributed by atoms with Crippen molar-refractivity contribution in [1.82, 2.24) is 4.90 Å². The Kier molecular flexibility index (Phi) is 8.82. The maximum absolute atomic E-state index is 12.1. The van der Waals surface area contributed by atoms with Gasteiger partial charge in [-0.3, -0.25) is 20.0 Å². The number of nitro groups is 1. The summed E-state index contributed by atoms with van der Waals surface area (Å²) in [6, 6.07) is 29.0. The molecule has 1 unspecified atom stereocenters. The fraction of sp³-hybridized carbons (Fsp3) is 0.219. The van der Waals surface area contributed by atoms with Crippen molar-refractivity contribution in [3.05, 3.63) is 123 Å². The van der Waals surface area contributed by atoms with Crippen molar-refractivity contribution in [1.29, 1.82) is 0 Å². The van der Waals surface area contributed by atoms with Crippen LogP contribution < -0.4 is 14.4 Å². The standard InChI is InChI=1S/C32H31ClN4O4/c1-40-27-13-14-28(31(21-27)41-2)34-22-23-8-15-29(30(20-23)37(38)39)35-16-18-36(19-17-35)32(24-6-4-3-5-7-24)25-9-11-26(33)12-10-25/h3-15,20-22,32H,16-19H2,1-2H3. The molecule has 1 aliphatic rings. The maximum atomic E-state index is 12.1. The third kappa shape index (κ3) is 6.51. The van der Waals surface area contributed by atoms with Crippen LogP contribution in [-0.4, -0.2) is 56.4 Å². The van der Waals surface area contributed by atoms with E-state index in [4.69, 9.17) is 21.1 Å². The summed E-state index contributed by atoms with van der Waals surface area (Å²) >= 11 is 6.17. The van der Waals surface area contributed by atoms with Gasteiger partial charge in [0.1, 0.15) is 22.9 Å². The van der Waals surface area contributed by atoms with Gasteiger partial charge < -0.3 is 14.4 Å². The van der Waals surface area contributed by atoms with E-state index in [0.717, 1.165) is 18.7 Å². The van der Waals surface area contributed by atoms with E-state index in [0.29, 0.717) is 46.5 Å². The summed E-state index contributed by atoms with van der Waals surface area (Å²) in [5.74, 6) is 1.21. The second-order valence-corrected chi connectivity index (χ2v) is 10.1. The van der Waals surface area contributed by atoms with Gasteiger partial charge in [-0.15, -0.1) is 0 Å². The van der Waals surface area contributed by atoms with Crippen LogP contribution in [0.2, 0.25) is 5.02 Å². The molecule has 4 aromatic rings. The zero-order valence-electron chi connectivity index (χ0n) is 22.9. The van der Waals surface area contributed by atoms with Crippen LogP contribution in [-0.2, 0) is 0 Å². The van der Waals surface area contributed by atoms with E-state index < -0.39 is 0 Å². The van der Waals surface area contributed by atoms with Crippen molar-refractivity contribution in [2.24, 2.45) is 4.99 Å². The van der Waals surface area contributed by atoms with E-state index in [1.165, 1.54) is 5.56 Å². The summed E-state index contributed by atoms with van der Waals surface area (Å²) in [6.45, 7) is 2.82. The van der Waals surface area contributed by atoms with Crippen LogP contribution in [0.1, 0.15) is 22.7 Å². The average Bonchev–Trinajstić information content (AvgIpc) is 3.01. The Morgan fingerprint density at radius 3 is 2.24 bits per heavy atom.